The van der Waals surface area contributed by atoms with Crippen molar-refractivity contribution in [2.24, 2.45) is 0 Å². The zero-order valence-electron chi connectivity index (χ0n) is 24.9. The second kappa shape index (κ2) is 9.75. The minimum absolute atomic E-state index is 0.0444. The van der Waals surface area contributed by atoms with Crippen molar-refractivity contribution in [1.82, 2.24) is 4.57 Å². The van der Waals surface area contributed by atoms with E-state index in [0.29, 0.717) is 0 Å². The molecule has 0 fully saturated rings. The fraction of sp³-hybridized carbons (Fsp3) is 0. The van der Waals surface area contributed by atoms with Gasteiger partial charge in [-0.15, -0.1) is 0 Å². The molecular formula is C42H26BNO2. The highest BCUT2D eigenvalue weighted by Gasteiger charge is 2.41. The van der Waals surface area contributed by atoms with Crippen LogP contribution in [0.5, 0.6) is 23.0 Å². The fourth-order valence-electron chi connectivity index (χ4n) is 7.44. The molecule has 0 bridgehead atoms. The first-order valence-corrected chi connectivity index (χ1v) is 15.7. The van der Waals surface area contributed by atoms with Gasteiger partial charge in [-0.25, -0.2) is 0 Å². The molecule has 2 aliphatic heterocycles. The SMILES string of the molecule is c1ccc(-c2ccc3c(c2)B2c4cc(-c5ccccc5)ccc4Oc4cc(-n5c6ccccc6c6ccccc65)cc(c42)O3)cc1. The summed E-state index contributed by atoms with van der Waals surface area (Å²) in [5.74, 6) is 3.41. The maximum Gasteiger partial charge on any atom is 0.260 e. The zero-order chi connectivity index (χ0) is 30.2. The van der Waals surface area contributed by atoms with Crippen LogP contribution >= 0.6 is 0 Å². The summed E-state index contributed by atoms with van der Waals surface area (Å²) in [6.07, 6.45) is 0. The Morgan fingerprint density at radius 1 is 0.391 bits per heavy atom. The van der Waals surface area contributed by atoms with Gasteiger partial charge in [0.1, 0.15) is 23.0 Å². The van der Waals surface area contributed by atoms with Crippen LogP contribution in [0.25, 0.3) is 49.7 Å². The Morgan fingerprint density at radius 3 is 1.35 bits per heavy atom. The molecule has 0 spiro atoms. The lowest BCUT2D eigenvalue weighted by atomic mass is 9.34. The van der Waals surface area contributed by atoms with Gasteiger partial charge in [-0.2, -0.15) is 0 Å². The minimum atomic E-state index is -0.0444. The van der Waals surface area contributed by atoms with Crippen LogP contribution in [0.2, 0.25) is 0 Å². The molecular weight excluding hydrogens is 561 g/mol. The van der Waals surface area contributed by atoms with Gasteiger partial charge in [-0.1, -0.05) is 121 Å². The Morgan fingerprint density at radius 2 is 0.848 bits per heavy atom. The van der Waals surface area contributed by atoms with E-state index in [0.717, 1.165) is 56.1 Å². The largest absolute Gasteiger partial charge is 0.458 e. The molecule has 7 aromatic carbocycles. The van der Waals surface area contributed by atoms with E-state index in [-0.39, 0.29) is 6.71 Å². The predicted molar refractivity (Wildman–Crippen MR) is 189 cm³/mol. The summed E-state index contributed by atoms with van der Waals surface area (Å²) < 4.78 is 16.0. The van der Waals surface area contributed by atoms with Gasteiger partial charge < -0.3 is 14.0 Å². The molecule has 3 nitrogen and oxygen atoms in total. The summed E-state index contributed by atoms with van der Waals surface area (Å²) in [5, 5.41) is 2.45. The molecule has 1 aromatic heterocycles. The van der Waals surface area contributed by atoms with Crippen molar-refractivity contribution in [3.63, 3.8) is 0 Å². The molecule has 0 saturated heterocycles. The van der Waals surface area contributed by atoms with Crippen LogP contribution in [0.4, 0.5) is 0 Å². The van der Waals surface area contributed by atoms with Crippen LogP contribution < -0.4 is 25.9 Å². The van der Waals surface area contributed by atoms with Crippen LogP contribution in [0.3, 0.4) is 0 Å². The highest BCUT2D eigenvalue weighted by molar-refractivity contribution is 6.98. The van der Waals surface area contributed by atoms with Crippen molar-refractivity contribution >= 4 is 44.9 Å². The summed E-state index contributed by atoms with van der Waals surface area (Å²) >= 11 is 0. The molecule has 0 atom stereocenters. The summed E-state index contributed by atoms with van der Waals surface area (Å²) in [5.41, 5.74) is 11.4. The molecule has 4 heteroatoms. The molecule has 0 N–H and O–H groups in total. The third-order valence-electron chi connectivity index (χ3n) is 9.51. The number of fused-ring (bicyclic) bond motifs is 7. The van der Waals surface area contributed by atoms with Crippen LogP contribution in [0.15, 0.2) is 158 Å². The second-order valence-electron chi connectivity index (χ2n) is 12.1. The number of para-hydroxylation sites is 2. The second-order valence-corrected chi connectivity index (χ2v) is 12.1. The number of nitrogens with zero attached hydrogens (tertiary/aromatic N) is 1. The lowest BCUT2D eigenvalue weighted by Crippen LogP contribution is -2.57. The molecule has 46 heavy (non-hydrogen) atoms. The molecule has 8 aromatic rings. The summed E-state index contributed by atoms with van der Waals surface area (Å²) in [4.78, 5) is 0. The average Bonchev–Trinajstić information content (AvgIpc) is 3.46. The third-order valence-corrected chi connectivity index (χ3v) is 9.51. The first kappa shape index (κ1) is 25.3. The number of hydrogen-bond donors (Lipinski definition) is 0. The Hall–Kier alpha value is -6.00. The van der Waals surface area contributed by atoms with Gasteiger partial charge >= 0.3 is 0 Å². The van der Waals surface area contributed by atoms with E-state index in [1.54, 1.807) is 0 Å². The van der Waals surface area contributed by atoms with E-state index in [4.69, 9.17) is 9.47 Å². The van der Waals surface area contributed by atoms with Crippen LogP contribution in [0.1, 0.15) is 0 Å². The topological polar surface area (TPSA) is 23.4 Å². The lowest BCUT2D eigenvalue weighted by molar-refractivity contribution is 0.464. The van der Waals surface area contributed by atoms with Crippen molar-refractivity contribution in [3.05, 3.63) is 158 Å². The smallest absolute Gasteiger partial charge is 0.260 e. The molecule has 214 valence electrons. The first-order valence-electron chi connectivity index (χ1n) is 15.7. The van der Waals surface area contributed by atoms with Crippen LogP contribution in [-0.2, 0) is 0 Å². The van der Waals surface area contributed by atoms with E-state index in [1.807, 2.05) is 0 Å². The zero-order valence-corrected chi connectivity index (χ0v) is 24.9. The molecule has 0 saturated carbocycles. The Bertz CT molecular complexity index is 2320. The van der Waals surface area contributed by atoms with E-state index < -0.39 is 0 Å². The summed E-state index contributed by atoms with van der Waals surface area (Å²) in [7, 11) is 0. The molecule has 0 aliphatic carbocycles. The highest BCUT2D eigenvalue weighted by Crippen LogP contribution is 2.40. The number of aromatic nitrogens is 1. The molecule has 0 amide bonds. The number of rotatable bonds is 3. The van der Waals surface area contributed by atoms with Crippen molar-refractivity contribution in [2.45, 2.75) is 0 Å². The van der Waals surface area contributed by atoms with Gasteiger partial charge in [0.05, 0.1) is 16.7 Å². The number of ether oxygens (including phenoxy) is 2. The standard InChI is InChI=1S/C42H26BNO2/c1-3-11-27(12-4-1)29-19-21-38-34(23-29)43-35-24-30(28-13-5-2-6-14-28)20-22-39(35)46-41-26-31(25-40(45-38)42(41)43)44-36-17-9-7-15-32(36)33-16-8-10-18-37(33)44/h1-26H. The summed E-state index contributed by atoms with van der Waals surface area (Å²) in [6.45, 7) is -0.0444. The Balaban J connectivity index is 1.22. The first-order chi connectivity index (χ1) is 22.8. The van der Waals surface area contributed by atoms with Gasteiger partial charge in [0, 0.05) is 28.4 Å². The molecule has 3 heterocycles. The van der Waals surface area contributed by atoms with Crippen molar-refractivity contribution in [1.29, 1.82) is 0 Å². The van der Waals surface area contributed by atoms with E-state index in [9.17, 15) is 0 Å². The maximum atomic E-state index is 6.81. The van der Waals surface area contributed by atoms with Crippen LogP contribution in [0, 0.1) is 0 Å². The molecule has 0 radical (unpaired) electrons. The Kier molecular flexibility index (Phi) is 5.37. The molecule has 2 aliphatic rings. The lowest BCUT2D eigenvalue weighted by Gasteiger charge is -2.34. The monoisotopic (exact) mass is 587 g/mol. The molecule has 10 rings (SSSR count). The van der Waals surface area contributed by atoms with Gasteiger partial charge in [-0.3, -0.25) is 0 Å². The number of benzene rings is 7. The average molecular weight is 587 g/mol. The minimum Gasteiger partial charge on any atom is -0.458 e. The molecule has 0 unspecified atom stereocenters. The Labute approximate surface area is 267 Å². The fourth-order valence-corrected chi connectivity index (χ4v) is 7.44. The van der Waals surface area contributed by atoms with Crippen molar-refractivity contribution in [2.75, 3.05) is 0 Å². The van der Waals surface area contributed by atoms with E-state index in [2.05, 4.69) is 162 Å². The predicted octanol–water partition coefficient (Wildman–Crippen LogP) is 8.85. The highest BCUT2D eigenvalue weighted by atomic mass is 16.5. The van der Waals surface area contributed by atoms with Crippen molar-refractivity contribution < 1.29 is 9.47 Å². The summed E-state index contributed by atoms with van der Waals surface area (Å²) in [6, 6.07) is 55.8. The van der Waals surface area contributed by atoms with Crippen LogP contribution in [-0.4, -0.2) is 11.3 Å². The van der Waals surface area contributed by atoms with Gasteiger partial charge in [0.2, 0.25) is 0 Å². The quantitative estimate of drug-likeness (QED) is 0.193. The van der Waals surface area contributed by atoms with Crippen molar-refractivity contribution in [3.8, 4) is 50.9 Å². The van der Waals surface area contributed by atoms with Gasteiger partial charge in [0.25, 0.3) is 6.71 Å². The van der Waals surface area contributed by atoms with Gasteiger partial charge in [0.15, 0.2) is 0 Å². The van der Waals surface area contributed by atoms with E-state index >= 15 is 0 Å². The van der Waals surface area contributed by atoms with E-state index in [1.165, 1.54) is 33.0 Å². The third kappa shape index (κ3) is 3.74. The van der Waals surface area contributed by atoms with Gasteiger partial charge in [-0.05, 0) is 57.4 Å². The number of hydrogen-bond acceptors (Lipinski definition) is 2. The normalized spacial score (nSPS) is 12.7. The maximum absolute atomic E-state index is 6.81.